The summed E-state index contributed by atoms with van der Waals surface area (Å²) in [4.78, 5) is 0. The van der Waals surface area contributed by atoms with Gasteiger partial charge in [0.2, 0.25) is 0 Å². The highest BCUT2D eigenvalue weighted by atomic mass is 14.0. The number of unbranched alkanes of at least 4 members (excludes halogenated alkanes) is 23. The standard InChI is InChI=1S/C29H56/c1-3-5-7-9-11-13-15-17-19-21-23-25-27-29-28-26-24-22-20-18-16-14-12-10-8-6-4-2/h15,17H,1-14,16,18-29H2. The van der Waals surface area contributed by atoms with E-state index in [4.69, 9.17) is 0 Å². The average molecular weight is 405 g/mol. The van der Waals surface area contributed by atoms with Gasteiger partial charge in [-0.1, -0.05) is 161 Å². The minimum atomic E-state index is 1.11. The largest absolute Gasteiger partial charge is 0.0885 e. The molecule has 172 valence electrons. The van der Waals surface area contributed by atoms with Gasteiger partial charge in [-0.25, -0.2) is 0 Å². The van der Waals surface area contributed by atoms with Crippen LogP contribution in [0, 0.1) is 13.8 Å². The van der Waals surface area contributed by atoms with E-state index in [0.717, 1.165) is 12.8 Å². The molecule has 0 aliphatic carbocycles. The Kier molecular flexibility index (Phi) is 27.5. The van der Waals surface area contributed by atoms with Crippen LogP contribution in [0.1, 0.15) is 161 Å². The van der Waals surface area contributed by atoms with Crippen molar-refractivity contribution >= 4 is 0 Å². The molecule has 0 spiro atoms. The van der Waals surface area contributed by atoms with E-state index in [2.05, 4.69) is 26.0 Å². The van der Waals surface area contributed by atoms with Crippen LogP contribution in [0.2, 0.25) is 0 Å². The first-order valence-electron chi connectivity index (χ1n) is 13.6. The minimum absolute atomic E-state index is 1.11. The second-order valence-electron chi connectivity index (χ2n) is 9.18. The number of rotatable bonds is 25. The molecule has 29 heavy (non-hydrogen) atoms. The van der Waals surface area contributed by atoms with Crippen LogP contribution in [-0.4, -0.2) is 0 Å². The monoisotopic (exact) mass is 404 g/mol. The third-order valence-corrected chi connectivity index (χ3v) is 6.16. The maximum absolute atomic E-state index is 3.91. The van der Waals surface area contributed by atoms with Crippen molar-refractivity contribution in [2.45, 2.75) is 161 Å². The van der Waals surface area contributed by atoms with Crippen molar-refractivity contribution in [1.29, 1.82) is 0 Å². The normalized spacial score (nSPS) is 11.7. The fraction of sp³-hybridized carbons (Fsp3) is 0.862. The summed E-state index contributed by atoms with van der Waals surface area (Å²) in [7, 11) is 0. The van der Waals surface area contributed by atoms with E-state index in [1.807, 2.05) is 0 Å². The minimum Gasteiger partial charge on any atom is -0.0885 e. The molecule has 0 unspecified atom stereocenters. The van der Waals surface area contributed by atoms with E-state index in [9.17, 15) is 0 Å². The van der Waals surface area contributed by atoms with Gasteiger partial charge in [-0.05, 0) is 25.7 Å². The van der Waals surface area contributed by atoms with Gasteiger partial charge in [0.25, 0.3) is 0 Å². The lowest BCUT2D eigenvalue weighted by Gasteiger charge is -2.03. The van der Waals surface area contributed by atoms with Crippen LogP contribution < -0.4 is 0 Å². The summed E-state index contributed by atoms with van der Waals surface area (Å²) in [5.74, 6) is 0. The molecule has 0 heteroatoms. The Morgan fingerprint density at radius 2 is 0.483 bits per heavy atom. The van der Waals surface area contributed by atoms with Gasteiger partial charge < -0.3 is 0 Å². The fourth-order valence-electron chi connectivity index (χ4n) is 4.12. The van der Waals surface area contributed by atoms with Gasteiger partial charge >= 0.3 is 0 Å². The highest BCUT2D eigenvalue weighted by Gasteiger charge is 1.95. The second kappa shape index (κ2) is 27.7. The zero-order valence-electron chi connectivity index (χ0n) is 20.2. The van der Waals surface area contributed by atoms with Gasteiger partial charge in [-0.15, -0.1) is 0 Å². The summed E-state index contributed by atoms with van der Waals surface area (Å²) >= 11 is 0. The van der Waals surface area contributed by atoms with Gasteiger partial charge in [0.05, 0.1) is 0 Å². The van der Waals surface area contributed by atoms with E-state index in [-0.39, 0.29) is 0 Å². The van der Waals surface area contributed by atoms with E-state index >= 15 is 0 Å². The van der Waals surface area contributed by atoms with Crippen molar-refractivity contribution in [3.05, 3.63) is 26.0 Å². The summed E-state index contributed by atoms with van der Waals surface area (Å²) in [6, 6.07) is 0. The van der Waals surface area contributed by atoms with Crippen molar-refractivity contribution in [3.63, 3.8) is 0 Å². The quantitative estimate of drug-likeness (QED) is 0.105. The lowest BCUT2D eigenvalue weighted by Crippen LogP contribution is -1.84. The second-order valence-corrected chi connectivity index (χ2v) is 9.18. The van der Waals surface area contributed by atoms with Crippen molar-refractivity contribution in [2.24, 2.45) is 0 Å². The summed E-state index contributed by atoms with van der Waals surface area (Å²) in [6.07, 6.45) is 39.7. The molecule has 0 aliphatic rings. The van der Waals surface area contributed by atoms with E-state index in [1.165, 1.54) is 148 Å². The summed E-state index contributed by atoms with van der Waals surface area (Å²) in [5.41, 5.74) is 0. The highest BCUT2D eigenvalue weighted by molar-refractivity contribution is 4.81. The van der Waals surface area contributed by atoms with Crippen LogP contribution in [0.4, 0.5) is 0 Å². The number of hydrogen-bond acceptors (Lipinski definition) is 0. The first-order valence-corrected chi connectivity index (χ1v) is 13.6. The zero-order chi connectivity index (χ0) is 21.1. The van der Waals surface area contributed by atoms with E-state index in [1.54, 1.807) is 0 Å². The molecule has 0 aromatic rings. The molecule has 0 aromatic carbocycles. The Bertz CT molecular complexity index is 290. The van der Waals surface area contributed by atoms with Gasteiger partial charge in [0.1, 0.15) is 0 Å². The fourth-order valence-corrected chi connectivity index (χ4v) is 4.12. The molecule has 0 amide bonds. The van der Waals surface area contributed by atoms with Crippen molar-refractivity contribution in [1.82, 2.24) is 0 Å². The Labute approximate surface area is 186 Å². The molecular formula is C29H56. The average Bonchev–Trinajstić information content (AvgIpc) is 2.74. The molecule has 2 radical (unpaired) electrons. The molecule has 0 rings (SSSR count). The van der Waals surface area contributed by atoms with Crippen LogP contribution in [0.5, 0.6) is 0 Å². The molecule has 0 bridgehead atoms. The van der Waals surface area contributed by atoms with Crippen LogP contribution in [-0.2, 0) is 0 Å². The molecule has 0 atom stereocenters. The van der Waals surface area contributed by atoms with Crippen LogP contribution in [0.25, 0.3) is 0 Å². The third-order valence-electron chi connectivity index (χ3n) is 6.16. The lowest BCUT2D eigenvalue weighted by atomic mass is 10.0. The maximum Gasteiger partial charge on any atom is -0.0351 e. The van der Waals surface area contributed by atoms with Crippen molar-refractivity contribution < 1.29 is 0 Å². The Morgan fingerprint density at radius 1 is 0.276 bits per heavy atom. The highest BCUT2D eigenvalue weighted by Crippen LogP contribution is 2.14. The smallest absolute Gasteiger partial charge is 0.0351 e. The third kappa shape index (κ3) is 27.7. The molecule has 0 aliphatic heterocycles. The van der Waals surface area contributed by atoms with Crippen molar-refractivity contribution in [2.75, 3.05) is 0 Å². The first-order chi connectivity index (χ1) is 14.4. The van der Waals surface area contributed by atoms with Gasteiger partial charge in [0, 0.05) is 0 Å². The van der Waals surface area contributed by atoms with Crippen LogP contribution >= 0.6 is 0 Å². The Balaban J connectivity index is 3.03. The molecule has 0 aromatic heterocycles. The van der Waals surface area contributed by atoms with Gasteiger partial charge in [-0.3, -0.25) is 0 Å². The van der Waals surface area contributed by atoms with Crippen molar-refractivity contribution in [3.8, 4) is 0 Å². The molecule has 0 saturated heterocycles. The first kappa shape index (κ1) is 28.7. The topological polar surface area (TPSA) is 0 Å². The molecule has 0 N–H and O–H groups in total. The van der Waals surface area contributed by atoms with Crippen LogP contribution in [0.3, 0.4) is 0 Å². The van der Waals surface area contributed by atoms with E-state index in [0.29, 0.717) is 0 Å². The summed E-state index contributed by atoms with van der Waals surface area (Å²) < 4.78 is 0. The molecule has 0 nitrogen and oxygen atoms in total. The molecular weight excluding hydrogens is 348 g/mol. The summed E-state index contributed by atoms with van der Waals surface area (Å²) in [6.45, 7) is 7.81. The Morgan fingerprint density at radius 3 is 0.724 bits per heavy atom. The lowest BCUT2D eigenvalue weighted by molar-refractivity contribution is 0.526. The maximum atomic E-state index is 3.91. The zero-order valence-corrected chi connectivity index (χ0v) is 20.2. The predicted molar refractivity (Wildman–Crippen MR) is 135 cm³/mol. The SMILES string of the molecule is [CH2]CCCCCCC=CCCCCCCCCCCCCCCCCCCC[CH2]. The molecule has 0 fully saturated rings. The number of hydrogen-bond donors (Lipinski definition) is 0. The molecule has 0 heterocycles. The number of allylic oxidation sites excluding steroid dienone is 2. The van der Waals surface area contributed by atoms with Gasteiger partial charge in [0.15, 0.2) is 0 Å². The van der Waals surface area contributed by atoms with Crippen LogP contribution in [0.15, 0.2) is 12.2 Å². The predicted octanol–water partition coefficient (Wildman–Crippen LogP) is 11.0. The molecule has 0 saturated carbocycles. The van der Waals surface area contributed by atoms with E-state index < -0.39 is 0 Å². The Hall–Kier alpha value is -0.260. The van der Waals surface area contributed by atoms with Gasteiger partial charge in [-0.2, -0.15) is 0 Å². The summed E-state index contributed by atoms with van der Waals surface area (Å²) in [5, 5.41) is 0.